The second kappa shape index (κ2) is 8.23. The van der Waals surface area contributed by atoms with Crippen molar-refractivity contribution in [3.63, 3.8) is 0 Å². The number of amides is 1. The number of aromatic amines is 1. The van der Waals surface area contributed by atoms with Crippen LogP contribution in [-0.4, -0.2) is 39.7 Å². The molecule has 0 bridgehead atoms. The van der Waals surface area contributed by atoms with Crippen LogP contribution < -0.4 is 5.69 Å². The molecule has 138 valence electrons. The van der Waals surface area contributed by atoms with Crippen LogP contribution in [0, 0.1) is 0 Å². The summed E-state index contributed by atoms with van der Waals surface area (Å²) in [6.45, 7) is 7.42. The van der Waals surface area contributed by atoms with E-state index < -0.39 is 0 Å². The zero-order chi connectivity index (χ0) is 18.4. The molecule has 1 N–H and O–H groups in total. The largest absolute Gasteiger partial charge is 0.453 e. The first-order valence-corrected chi connectivity index (χ1v) is 8.87. The number of nitrogens with zero attached hydrogens (tertiary/aromatic N) is 2. The number of methoxy groups -OCH3 is 1. The van der Waals surface area contributed by atoms with Crippen molar-refractivity contribution in [3.05, 3.63) is 34.7 Å². The fourth-order valence-electron chi connectivity index (χ4n) is 3.03. The lowest BCUT2D eigenvalue weighted by atomic mass is 10.1. The molecule has 1 aromatic carbocycles. The molecule has 0 fully saturated rings. The number of carbonyl (C=O) groups is 1. The van der Waals surface area contributed by atoms with Crippen LogP contribution in [0.5, 0.6) is 0 Å². The van der Waals surface area contributed by atoms with E-state index in [1.54, 1.807) is 9.47 Å². The summed E-state index contributed by atoms with van der Waals surface area (Å²) in [5, 5.41) is 0. The van der Waals surface area contributed by atoms with Gasteiger partial charge in [-0.3, -0.25) is 4.57 Å². The normalized spacial score (nSPS) is 11.7. The highest BCUT2D eigenvalue weighted by Gasteiger charge is 2.26. The number of hydrogen-bond donors (Lipinski definition) is 1. The summed E-state index contributed by atoms with van der Waals surface area (Å²) in [5.41, 5.74) is 1.54. The Labute approximate surface area is 148 Å². The molecule has 0 aliphatic carbocycles. The van der Waals surface area contributed by atoms with Crippen molar-refractivity contribution in [1.82, 2.24) is 14.5 Å². The summed E-state index contributed by atoms with van der Waals surface area (Å²) in [5.74, 6) is 0. The van der Waals surface area contributed by atoms with Crippen molar-refractivity contribution in [2.24, 2.45) is 0 Å². The average molecular weight is 347 g/mol. The van der Waals surface area contributed by atoms with E-state index in [-0.39, 0.29) is 17.3 Å². The standard InChI is InChI=1S/C19H29N3O3/c1-19(2,3)22(18(24)25-4)14-10-6-5-9-13-21-16-12-8-7-11-15(16)20-17(21)23/h7-8,11-12H,5-6,9-10,13-14H2,1-4H3,(H,20,23). The monoisotopic (exact) mass is 347 g/mol. The lowest BCUT2D eigenvalue weighted by molar-refractivity contribution is 0.0825. The number of para-hydroxylation sites is 2. The predicted octanol–water partition coefficient (Wildman–Crippen LogP) is 3.76. The van der Waals surface area contributed by atoms with Gasteiger partial charge in [-0.15, -0.1) is 0 Å². The zero-order valence-electron chi connectivity index (χ0n) is 15.7. The molecule has 0 saturated heterocycles. The molecule has 0 aliphatic rings. The number of benzene rings is 1. The van der Waals surface area contributed by atoms with Crippen LogP contribution in [0.25, 0.3) is 11.0 Å². The molecule has 2 rings (SSSR count). The number of fused-ring (bicyclic) bond motifs is 1. The number of aryl methyl sites for hydroxylation is 1. The Morgan fingerprint density at radius 2 is 1.84 bits per heavy atom. The highest BCUT2D eigenvalue weighted by Crippen LogP contribution is 2.16. The van der Waals surface area contributed by atoms with Crippen molar-refractivity contribution >= 4 is 17.1 Å². The second-order valence-electron chi connectivity index (χ2n) is 7.31. The molecule has 1 heterocycles. The van der Waals surface area contributed by atoms with E-state index in [1.165, 1.54) is 7.11 Å². The number of rotatable bonds is 7. The molecular weight excluding hydrogens is 318 g/mol. The van der Waals surface area contributed by atoms with E-state index in [0.29, 0.717) is 13.1 Å². The number of ether oxygens (including phenoxy) is 1. The van der Waals surface area contributed by atoms with Crippen LogP contribution in [0.2, 0.25) is 0 Å². The van der Waals surface area contributed by atoms with E-state index in [1.807, 2.05) is 45.0 Å². The molecule has 6 nitrogen and oxygen atoms in total. The minimum absolute atomic E-state index is 0.0502. The van der Waals surface area contributed by atoms with E-state index >= 15 is 0 Å². The number of aromatic nitrogens is 2. The highest BCUT2D eigenvalue weighted by atomic mass is 16.5. The van der Waals surface area contributed by atoms with E-state index in [9.17, 15) is 9.59 Å². The van der Waals surface area contributed by atoms with Crippen molar-refractivity contribution in [2.75, 3.05) is 13.7 Å². The Bertz CT molecular complexity index is 755. The van der Waals surface area contributed by atoms with Crippen molar-refractivity contribution in [1.29, 1.82) is 0 Å². The molecule has 0 saturated carbocycles. The smallest absolute Gasteiger partial charge is 0.409 e. The molecule has 25 heavy (non-hydrogen) atoms. The third-order valence-corrected chi connectivity index (χ3v) is 4.40. The van der Waals surface area contributed by atoms with Gasteiger partial charge in [0.15, 0.2) is 0 Å². The second-order valence-corrected chi connectivity index (χ2v) is 7.31. The molecule has 0 spiro atoms. The predicted molar refractivity (Wildman–Crippen MR) is 99.9 cm³/mol. The van der Waals surface area contributed by atoms with Gasteiger partial charge in [0.2, 0.25) is 0 Å². The first-order valence-electron chi connectivity index (χ1n) is 8.87. The molecule has 0 radical (unpaired) electrons. The van der Waals surface area contributed by atoms with Gasteiger partial charge in [-0.1, -0.05) is 25.0 Å². The zero-order valence-corrected chi connectivity index (χ0v) is 15.7. The van der Waals surface area contributed by atoms with Gasteiger partial charge in [-0.2, -0.15) is 0 Å². The van der Waals surface area contributed by atoms with E-state index in [0.717, 1.165) is 36.7 Å². The maximum absolute atomic E-state index is 12.0. The van der Waals surface area contributed by atoms with Crippen LogP contribution >= 0.6 is 0 Å². The van der Waals surface area contributed by atoms with Crippen molar-refractivity contribution in [2.45, 2.75) is 58.5 Å². The summed E-state index contributed by atoms with van der Waals surface area (Å²) in [6, 6.07) is 7.75. The van der Waals surface area contributed by atoms with Gasteiger partial charge in [-0.05, 0) is 45.7 Å². The fraction of sp³-hybridized carbons (Fsp3) is 0.579. The summed E-state index contributed by atoms with van der Waals surface area (Å²) in [7, 11) is 1.42. The summed E-state index contributed by atoms with van der Waals surface area (Å²) >= 11 is 0. The topological polar surface area (TPSA) is 67.3 Å². The van der Waals surface area contributed by atoms with Gasteiger partial charge in [0, 0.05) is 18.6 Å². The summed E-state index contributed by atoms with van der Waals surface area (Å²) in [4.78, 5) is 28.5. The molecular formula is C19H29N3O3. The minimum Gasteiger partial charge on any atom is -0.453 e. The molecule has 0 atom stereocenters. The summed E-state index contributed by atoms with van der Waals surface area (Å²) in [6.07, 6.45) is 3.62. The third kappa shape index (κ3) is 4.87. The first-order chi connectivity index (χ1) is 11.8. The molecule has 0 aliphatic heterocycles. The molecule has 6 heteroatoms. The minimum atomic E-state index is -0.280. The van der Waals surface area contributed by atoms with Gasteiger partial charge < -0.3 is 14.6 Å². The maximum atomic E-state index is 12.0. The Balaban J connectivity index is 1.79. The van der Waals surface area contributed by atoms with Crippen LogP contribution in [-0.2, 0) is 11.3 Å². The van der Waals surface area contributed by atoms with Crippen LogP contribution in [0.4, 0.5) is 4.79 Å². The lowest BCUT2D eigenvalue weighted by Crippen LogP contribution is -2.46. The molecule has 0 unspecified atom stereocenters. The Morgan fingerprint density at radius 3 is 2.52 bits per heavy atom. The van der Waals surface area contributed by atoms with Gasteiger partial charge >= 0.3 is 11.8 Å². The van der Waals surface area contributed by atoms with Gasteiger partial charge in [-0.25, -0.2) is 9.59 Å². The van der Waals surface area contributed by atoms with Crippen LogP contribution in [0.3, 0.4) is 0 Å². The number of carbonyl (C=O) groups excluding carboxylic acids is 1. The average Bonchev–Trinajstić information content (AvgIpc) is 2.88. The van der Waals surface area contributed by atoms with Gasteiger partial charge in [0.1, 0.15) is 0 Å². The number of nitrogens with one attached hydrogen (secondary N) is 1. The van der Waals surface area contributed by atoms with Gasteiger partial charge in [0.05, 0.1) is 18.1 Å². The van der Waals surface area contributed by atoms with E-state index in [2.05, 4.69) is 4.98 Å². The maximum Gasteiger partial charge on any atom is 0.409 e. The summed E-state index contributed by atoms with van der Waals surface area (Å²) < 4.78 is 6.66. The number of imidazole rings is 1. The van der Waals surface area contributed by atoms with Crippen molar-refractivity contribution < 1.29 is 9.53 Å². The first kappa shape index (κ1) is 19.1. The fourth-order valence-corrected chi connectivity index (χ4v) is 3.03. The quantitative estimate of drug-likeness (QED) is 0.776. The van der Waals surface area contributed by atoms with Crippen molar-refractivity contribution in [3.8, 4) is 0 Å². The molecule has 1 aromatic heterocycles. The Morgan fingerprint density at radius 1 is 1.16 bits per heavy atom. The SMILES string of the molecule is COC(=O)N(CCCCCCn1c(=O)[nH]c2ccccc21)C(C)(C)C. The highest BCUT2D eigenvalue weighted by molar-refractivity contribution is 5.74. The molecule has 1 amide bonds. The molecule has 2 aromatic rings. The Kier molecular flexibility index (Phi) is 6.28. The van der Waals surface area contributed by atoms with Crippen LogP contribution in [0.1, 0.15) is 46.5 Å². The van der Waals surface area contributed by atoms with Crippen LogP contribution in [0.15, 0.2) is 29.1 Å². The number of unbranched alkanes of at least 4 members (excludes halogenated alkanes) is 3. The van der Waals surface area contributed by atoms with E-state index in [4.69, 9.17) is 4.74 Å². The number of H-pyrrole nitrogens is 1. The Hall–Kier alpha value is -2.24. The van der Waals surface area contributed by atoms with Gasteiger partial charge in [0.25, 0.3) is 0 Å². The third-order valence-electron chi connectivity index (χ3n) is 4.40. The number of hydrogen-bond acceptors (Lipinski definition) is 3. The lowest BCUT2D eigenvalue weighted by Gasteiger charge is -2.34.